The second-order valence-corrected chi connectivity index (χ2v) is 4.92. The van der Waals surface area contributed by atoms with Crippen molar-refractivity contribution < 1.29 is 8.78 Å². The van der Waals surface area contributed by atoms with Crippen molar-refractivity contribution in [3.8, 4) is 0 Å². The lowest BCUT2D eigenvalue weighted by atomic mass is 10.1. The first-order valence-electron chi connectivity index (χ1n) is 6.69. The Morgan fingerprint density at radius 3 is 2.62 bits per heavy atom. The minimum absolute atomic E-state index is 0.0703. The fourth-order valence-electron chi connectivity index (χ4n) is 2.40. The van der Waals surface area contributed by atoms with E-state index < -0.39 is 11.6 Å². The highest BCUT2D eigenvalue weighted by atomic mass is 19.2. The zero-order valence-corrected chi connectivity index (χ0v) is 11.2. The molecule has 0 amide bonds. The highest BCUT2D eigenvalue weighted by Crippen LogP contribution is 2.14. The van der Waals surface area contributed by atoms with Gasteiger partial charge in [-0.15, -0.1) is 0 Å². The molecule has 0 radical (unpaired) electrons. The molecule has 0 bridgehead atoms. The molecular weight excluding hydrogens is 272 g/mol. The van der Waals surface area contributed by atoms with Crippen molar-refractivity contribution in [3.63, 3.8) is 0 Å². The highest BCUT2D eigenvalue weighted by molar-refractivity contribution is 5.78. The molecule has 21 heavy (non-hydrogen) atoms. The maximum Gasteiger partial charge on any atom is 0.189 e. The van der Waals surface area contributed by atoms with Gasteiger partial charge in [-0.3, -0.25) is 4.79 Å². The van der Waals surface area contributed by atoms with Crippen LogP contribution in [0.25, 0.3) is 10.9 Å². The number of benzene rings is 2. The van der Waals surface area contributed by atoms with Crippen molar-refractivity contribution in [1.29, 1.82) is 0 Å². The zero-order valence-electron chi connectivity index (χ0n) is 11.2. The number of halogens is 2. The van der Waals surface area contributed by atoms with Crippen molar-refractivity contribution in [2.24, 2.45) is 0 Å². The summed E-state index contributed by atoms with van der Waals surface area (Å²) in [6.45, 7) is 0. The number of aryl methyl sites for hydroxylation is 2. The molecule has 0 aliphatic rings. The normalized spacial score (nSPS) is 11.0. The molecule has 1 N–H and O–H groups in total. The van der Waals surface area contributed by atoms with E-state index in [4.69, 9.17) is 0 Å². The summed E-state index contributed by atoms with van der Waals surface area (Å²) in [4.78, 5) is 15.1. The average Bonchev–Trinajstić information content (AvgIpc) is 2.49. The molecule has 2 nitrogen and oxygen atoms in total. The number of hydrogen-bond donors (Lipinski definition) is 1. The minimum Gasteiger partial charge on any atom is -0.358 e. The van der Waals surface area contributed by atoms with Crippen LogP contribution < -0.4 is 5.43 Å². The molecule has 1 aromatic heterocycles. The summed E-state index contributed by atoms with van der Waals surface area (Å²) >= 11 is 0. The second kappa shape index (κ2) is 5.48. The number of aromatic nitrogens is 1. The number of fused-ring (bicyclic) bond motifs is 1. The first kappa shape index (κ1) is 13.5. The first-order chi connectivity index (χ1) is 10.1. The number of nitrogens with one attached hydrogen (secondary N) is 1. The van der Waals surface area contributed by atoms with Crippen LogP contribution in [0.4, 0.5) is 8.78 Å². The largest absolute Gasteiger partial charge is 0.358 e. The highest BCUT2D eigenvalue weighted by Gasteiger charge is 2.08. The topological polar surface area (TPSA) is 32.9 Å². The van der Waals surface area contributed by atoms with Crippen LogP contribution in [-0.4, -0.2) is 4.98 Å². The monoisotopic (exact) mass is 285 g/mol. The number of pyridine rings is 1. The van der Waals surface area contributed by atoms with Gasteiger partial charge in [-0.1, -0.05) is 24.3 Å². The number of H-pyrrole nitrogens is 1. The van der Waals surface area contributed by atoms with Crippen molar-refractivity contribution >= 4 is 10.9 Å². The Morgan fingerprint density at radius 1 is 0.952 bits per heavy atom. The molecule has 3 rings (SSSR count). The van der Waals surface area contributed by atoms with Gasteiger partial charge < -0.3 is 4.98 Å². The van der Waals surface area contributed by atoms with Crippen molar-refractivity contribution in [2.45, 2.75) is 12.8 Å². The summed E-state index contributed by atoms with van der Waals surface area (Å²) < 4.78 is 26.7. The van der Waals surface area contributed by atoms with Gasteiger partial charge in [0.15, 0.2) is 17.1 Å². The molecule has 4 heteroatoms. The van der Waals surface area contributed by atoms with Gasteiger partial charge in [0.1, 0.15) is 0 Å². The van der Waals surface area contributed by atoms with Crippen molar-refractivity contribution in [3.05, 3.63) is 81.6 Å². The fraction of sp³-hybridized carbons (Fsp3) is 0.118. The summed E-state index contributed by atoms with van der Waals surface area (Å²) in [6, 6.07) is 12.9. The van der Waals surface area contributed by atoms with Crippen molar-refractivity contribution in [2.75, 3.05) is 0 Å². The second-order valence-electron chi connectivity index (χ2n) is 4.92. The molecule has 0 saturated carbocycles. The van der Waals surface area contributed by atoms with Gasteiger partial charge in [0.2, 0.25) is 0 Å². The van der Waals surface area contributed by atoms with Crippen LogP contribution in [0.2, 0.25) is 0 Å². The van der Waals surface area contributed by atoms with Crippen LogP contribution in [0.5, 0.6) is 0 Å². The van der Waals surface area contributed by atoms with Crippen LogP contribution in [0.3, 0.4) is 0 Å². The molecule has 0 aliphatic heterocycles. The number of aromatic amines is 1. The van der Waals surface area contributed by atoms with Gasteiger partial charge in [0.05, 0.1) is 0 Å². The number of para-hydroxylation sites is 1. The SMILES string of the molecule is O=c1cc(CCc2cccc(F)c2F)[nH]c2ccccc12. The molecule has 0 unspecified atom stereocenters. The summed E-state index contributed by atoms with van der Waals surface area (Å²) in [5, 5.41) is 0.623. The molecule has 1 heterocycles. The van der Waals surface area contributed by atoms with Gasteiger partial charge in [-0.2, -0.15) is 0 Å². The number of rotatable bonds is 3. The average molecular weight is 285 g/mol. The fourth-order valence-corrected chi connectivity index (χ4v) is 2.40. The van der Waals surface area contributed by atoms with E-state index in [0.29, 0.717) is 29.5 Å². The van der Waals surface area contributed by atoms with Gasteiger partial charge in [0, 0.05) is 22.7 Å². The molecule has 3 aromatic rings. The minimum atomic E-state index is -0.848. The lowest BCUT2D eigenvalue weighted by Gasteiger charge is -2.06. The number of hydrogen-bond acceptors (Lipinski definition) is 1. The van der Waals surface area contributed by atoms with E-state index in [9.17, 15) is 13.6 Å². The van der Waals surface area contributed by atoms with Crippen LogP contribution in [-0.2, 0) is 12.8 Å². The summed E-state index contributed by atoms with van der Waals surface area (Å²) in [5.41, 5.74) is 1.70. The molecular formula is C17H13F2NO. The third kappa shape index (κ3) is 2.70. The van der Waals surface area contributed by atoms with Crippen LogP contribution >= 0.6 is 0 Å². The Bertz CT molecular complexity index is 855. The van der Waals surface area contributed by atoms with Gasteiger partial charge in [-0.05, 0) is 36.6 Å². The standard InChI is InChI=1S/C17H13F2NO/c18-14-6-3-4-11(17(14)19)8-9-12-10-16(21)13-5-1-2-7-15(13)20-12/h1-7,10H,8-9H2,(H,20,21). The molecule has 106 valence electrons. The van der Waals surface area contributed by atoms with Gasteiger partial charge in [0.25, 0.3) is 0 Å². The molecule has 0 fully saturated rings. The zero-order chi connectivity index (χ0) is 14.8. The van der Waals surface area contributed by atoms with E-state index in [2.05, 4.69) is 4.98 Å². The van der Waals surface area contributed by atoms with Gasteiger partial charge >= 0.3 is 0 Å². The first-order valence-corrected chi connectivity index (χ1v) is 6.69. The molecule has 0 spiro atoms. The van der Waals surface area contributed by atoms with Crippen LogP contribution in [0.15, 0.2) is 53.3 Å². The molecule has 0 aliphatic carbocycles. The van der Waals surface area contributed by atoms with E-state index in [1.807, 2.05) is 12.1 Å². The summed E-state index contributed by atoms with van der Waals surface area (Å²) in [5.74, 6) is -1.67. The Labute approximate surface area is 120 Å². The van der Waals surface area contributed by atoms with E-state index in [0.717, 1.165) is 11.6 Å². The quantitative estimate of drug-likeness (QED) is 0.783. The Hall–Kier alpha value is -2.49. The van der Waals surface area contributed by atoms with E-state index in [1.54, 1.807) is 18.2 Å². The van der Waals surface area contributed by atoms with E-state index in [1.165, 1.54) is 12.1 Å². The van der Waals surface area contributed by atoms with Crippen molar-refractivity contribution in [1.82, 2.24) is 4.98 Å². The Morgan fingerprint density at radius 2 is 1.76 bits per heavy atom. The summed E-state index contributed by atoms with van der Waals surface area (Å²) in [6.07, 6.45) is 0.776. The lowest BCUT2D eigenvalue weighted by molar-refractivity contribution is 0.498. The van der Waals surface area contributed by atoms with Gasteiger partial charge in [-0.25, -0.2) is 8.78 Å². The Balaban J connectivity index is 1.89. The van der Waals surface area contributed by atoms with Crippen LogP contribution in [0, 0.1) is 11.6 Å². The predicted molar refractivity (Wildman–Crippen MR) is 78.3 cm³/mol. The van der Waals surface area contributed by atoms with E-state index >= 15 is 0 Å². The Kier molecular flexibility index (Phi) is 3.52. The summed E-state index contributed by atoms with van der Waals surface area (Å²) in [7, 11) is 0. The maximum atomic E-state index is 13.6. The molecule has 0 atom stereocenters. The van der Waals surface area contributed by atoms with Crippen LogP contribution in [0.1, 0.15) is 11.3 Å². The predicted octanol–water partition coefficient (Wildman–Crippen LogP) is 3.59. The third-order valence-corrected chi connectivity index (χ3v) is 3.49. The molecule has 0 saturated heterocycles. The molecule has 2 aromatic carbocycles. The third-order valence-electron chi connectivity index (χ3n) is 3.49. The maximum absolute atomic E-state index is 13.6. The lowest BCUT2D eigenvalue weighted by Crippen LogP contribution is -2.06. The van der Waals surface area contributed by atoms with E-state index in [-0.39, 0.29) is 5.43 Å². The smallest absolute Gasteiger partial charge is 0.189 e.